The summed E-state index contributed by atoms with van der Waals surface area (Å²) in [5, 5.41) is 0.440. The van der Waals surface area contributed by atoms with Gasteiger partial charge >= 0.3 is 0 Å². The first-order chi connectivity index (χ1) is 9.82. The Hall–Kier alpha value is 0.110. The second-order valence-electron chi connectivity index (χ2n) is 5.70. The van der Waals surface area contributed by atoms with Crippen molar-refractivity contribution in [3.63, 3.8) is 0 Å². The van der Waals surface area contributed by atoms with Crippen LogP contribution in [0, 0.1) is 9.49 Å². The molecule has 0 saturated heterocycles. The van der Waals surface area contributed by atoms with Crippen LogP contribution in [0.15, 0.2) is 18.2 Å². The molecule has 1 saturated carbocycles. The monoisotopic (exact) mass is 442 g/mol. The highest BCUT2D eigenvalue weighted by Crippen LogP contribution is 2.37. The summed E-state index contributed by atoms with van der Waals surface area (Å²) in [6.07, 6.45) is 4.62. The van der Waals surface area contributed by atoms with Crippen LogP contribution in [-0.4, -0.2) is 19.9 Å². The van der Waals surface area contributed by atoms with Gasteiger partial charge in [0.05, 0.1) is 10.3 Å². The standard InChI is InChI=1S/C14H20ClIN2O2S/c1-21(19,20)11-4-2-3-9(7-11)14(18-17)10-5-6-13(16)12(15)8-10/h5-6,8-9,11,14,18H,2-4,7,17H2,1H3. The highest BCUT2D eigenvalue weighted by Gasteiger charge is 2.33. The molecule has 1 aromatic carbocycles. The van der Waals surface area contributed by atoms with Crippen LogP contribution in [0.2, 0.25) is 5.02 Å². The molecule has 0 bridgehead atoms. The Morgan fingerprint density at radius 3 is 2.71 bits per heavy atom. The summed E-state index contributed by atoms with van der Waals surface area (Å²) in [6.45, 7) is 0. The first-order valence-electron chi connectivity index (χ1n) is 6.93. The quantitative estimate of drug-likeness (QED) is 0.427. The maximum atomic E-state index is 11.8. The van der Waals surface area contributed by atoms with E-state index in [1.54, 1.807) is 0 Å². The number of halogens is 2. The van der Waals surface area contributed by atoms with E-state index in [-0.39, 0.29) is 17.2 Å². The van der Waals surface area contributed by atoms with Crippen molar-refractivity contribution < 1.29 is 8.42 Å². The fourth-order valence-electron chi connectivity index (χ4n) is 3.08. The van der Waals surface area contributed by atoms with Crippen molar-refractivity contribution >= 4 is 44.0 Å². The zero-order chi connectivity index (χ0) is 15.6. The third kappa shape index (κ3) is 4.31. The van der Waals surface area contributed by atoms with Crippen LogP contribution in [0.5, 0.6) is 0 Å². The summed E-state index contributed by atoms with van der Waals surface area (Å²) in [7, 11) is -2.99. The van der Waals surface area contributed by atoms with Crippen molar-refractivity contribution in [2.75, 3.05) is 6.26 Å². The summed E-state index contributed by atoms with van der Waals surface area (Å²) in [6, 6.07) is 5.81. The smallest absolute Gasteiger partial charge is 0.150 e. The molecule has 3 N–H and O–H groups in total. The molecule has 1 aliphatic rings. The predicted octanol–water partition coefficient (Wildman–Crippen LogP) is 3.05. The highest BCUT2D eigenvalue weighted by atomic mass is 127. The van der Waals surface area contributed by atoms with E-state index < -0.39 is 9.84 Å². The largest absolute Gasteiger partial charge is 0.271 e. The van der Waals surface area contributed by atoms with Crippen molar-refractivity contribution in [3.8, 4) is 0 Å². The zero-order valence-corrected chi connectivity index (χ0v) is 15.6. The molecule has 1 aliphatic carbocycles. The molecule has 0 aliphatic heterocycles. The average molecular weight is 443 g/mol. The van der Waals surface area contributed by atoms with E-state index in [1.165, 1.54) is 6.26 Å². The molecule has 118 valence electrons. The third-order valence-corrected chi connectivity index (χ3v) is 7.44. The fraction of sp³-hybridized carbons (Fsp3) is 0.571. The third-order valence-electron chi connectivity index (χ3n) is 4.23. The Morgan fingerprint density at radius 1 is 1.43 bits per heavy atom. The summed E-state index contributed by atoms with van der Waals surface area (Å²) >= 11 is 8.36. The minimum atomic E-state index is -2.99. The first kappa shape index (κ1) is 17.5. The average Bonchev–Trinajstić information content (AvgIpc) is 2.43. The number of nitrogens with one attached hydrogen (secondary N) is 1. The van der Waals surface area contributed by atoms with E-state index in [1.807, 2.05) is 18.2 Å². The number of hydrogen-bond donors (Lipinski definition) is 2. The van der Waals surface area contributed by atoms with Crippen molar-refractivity contribution in [2.45, 2.75) is 37.0 Å². The Morgan fingerprint density at radius 2 is 2.14 bits per heavy atom. The van der Waals surface area contributed by atoms with Gasteiger partial charge in [-0.15, -0.1) is 0 Å². The Bertz CT molecular complexity index is 609. The number of nitrogens with two attached hydrogens (primary N) is 1. The summed E-state index contributed by atoms with van der Waals surface area (Å²) in [5.74, 6) is 5.94. The van der Waals surface area contributed by atoms with Crippen LogP contribution < -0.4 is 11.3 Å². The maximum Gasteiger partial charge on any atom is 0.150 e. The molecule has 2 rings (SSSR count). The van der Waals surface area contributed by atoms with Gasteiger partial charge in [-0.25, -0.2) is 8.42 Å². The Labute approximate surface area is 144 Å². The van der Waals surface area contributed by atoms with Crippen LogP contribution in [0.4, 0.5) is 0 Å². The minimum Gasteiger partial charge on any atom is -0.271 e. The molecular formula is C14H20ClIN2O2S. The van der Waals surface area contributed by atoms with Crippen LogP contribution in [-0.2, 0) is 9.84 Å². The van der Waals surface area contributed by atoms with Crippen LogP contribution in [0.1, 0.15) is 37.3 Å². The molecule has 3 unspecified atom stereocenters. The Balaban J connectivity index is 2.22. The van der Waals surface area contributed by atoms with Gasteiger partial charge in [-0.2, -0.15) is 0 Å². The SMILES string of the molecule is CS(=O)(=O)C1CCCC(C(NN)c2ccc(I)c(Cl)c2)C1. The molecule has 0 amide bonds. The summed E-state index contributed by atoms with van der Waals surface area (Å²) < 4.78 is 24.6. The molecule has 0 heterocycles. The number of sulfone groups is 1. The molecule has 0 spiro atoms. The molecular weight excluding hydrogens is 423 g/mol. The van der Waals surface area contributed by atoms with E-state index in [0.717, 1.165) is 28.4 Å². The number of rotatable bonds is 4. The van der Waals surface area contributed by atoms with Gasteiger partial charge in [0.15, 0.2) is 0 Å². The summed E-state index contributed by atoms with van der Waals surface area (Å²) in [5.41, 5.74) is 3.87. The normalized spacial score (nSPS) is 24.8. The lowest BCUT2D eigenvalue weighted by Crippen LogP contribution is -2.38. The lowest BCUT2D eigenvalue weighted by Gasteiger charge is -2.33. The first-order valence-corrected chi connectivity index (χ1v) is 10.3. The minimum absolute atomic E-state index is 0.0657. The lowest BCUT2D eigenvalue weighted by atomic mass is 9.81. The van der Waals surface area contributed by atoms with Crippen LogP contribution >= 0.6 is 34.2 Å². The second kappa shape index (κ2) is 7.12. The van der Waals surface area contributed by atoms with Crippen molar-refractivity contribution in [1.82, 2.24) is 5.43 Å². The van der Waals surface area contributed by atoms with E-state index in [2.05, 4.69) is 28.0 Å². The van der Waals surface area contributed by atoms with Crippen molar-refractivity contribution in [2.24, 2.45) is 11.8 Å². The molecule has 4 nitrogen and oxygen atoms in total. The van der Waals surface area contributed by atoms with Crippen molar-refractivity contribution in [3.05, 3.63) is 32.4 Å². The van der Waals surface area contributed by atoms with Gasteiger partial charge < -0.3 is 0 Å². The topological polar surface area (TPSA) is 72.2 Å². The van der Waals surface area contributed by atoms with E-state index in [9.17, 15) is 8.42 Å². The maximum absolute atomic E-state index is 11.8. The number of benzene rings is 1. The van der Waals surface area contributed by atoms with E-state index in [0.29, 0.717) is 11.4 Å². The van der Waals surface area contributed by atoms with Gasteiger partial charge in [0, 0.05) is 15.9 Å². The second-order valence-corrected chi connectivity index (χ2v) is 9.59. The Kier molecular flexibility index (Phi) is 5.92. The van der Waals surface area contributed by atoms with Gasteiger partial charge in [-0.3, -0.25) is 11.3 Å². The van der Waals surface area contributed by atoms with Crippen LogP contribution in [0.25, 0.3) is 0 Å². The summed E-state index contributed by atoms with van der Waals surface area (Å²) in [4.78, 5) is 0. The van der Waals surface area contributed by atoms with Gasteiger partial charge in [-0.05, 0) is 65.5 Å². The predicted molar refractivity (Wildman–Crippen MR) is 94.8 cm³/mol. The van der Waals surface area contributed by atoms with Crippen molar-refractivity contribution in [1.29, 1.82) is 0 Å². The molecule has 1 aromatic rings. The zero-order valence-electron chi connectivity index (χ0n) is 11.9. The molecule has 0 aromatic heterocycles. The number of hydrazine groups is 1. The van der Waals surface area contributed by atoms with E-state index in [4.69, 9.17) is 17.4 Å². The van der Waals surface area contributed by atoms with Gasteiger partial charge in [0.2, 0.25) is 0 Å². The van der Waals surface area contributed by atoms with E-state index >= 15 is 0 Å². The molecule has 3 atom stereocenters. The van der Waals surface area contributed by atoms with Gasteiger partial charge in [0.25, 0.3) is 0 Å². The lowest BCUT2D eigenvalue weighted by molar-refractivity contribution is 0.274. The fourth-order valence-corrected chi connectivity index (χ4v) is 4.80. The molecule has 7 heteroatoms. The van der Waals surface area contributed by atoms with Crippen LogP contribution in [0.3, 0.4) is 0 Å². The van der Waals surface area contributed by atoms with Gasteiger partial charge in [0.1, 0.15) is 9.84 Å². The highest BCUT2D eigenvalue weighted by molar-refractivity contribution is 14.1. The number of hydrogen-bond acceptors (Lipinski definition) is 4. The molecule has 0 radical (unpaired) electrons. The molecule has 21 heavy (non-hydrogen) atoms. The molecule has 1 fully saturated rings. The van der Waals surface area contributed by atoms with Gasteiger partial charge in [-0.1, -0.05) is 24.1 Å².